The van der Waals surface area contributed by atoms with Crippen molar-refractivity contribution in [3.05, 3.63) is 23.5 Å². The molecule has 0 bridgehead atoms. The van der Waals surface area contributed by atoms with Crippen molar-refractivity contribution >= 4 is 0 Å². The van der Waals surface area contributed by atoms with E-state index in [1.165, 1.54) is 11.4 Å². The molecule has 0 aromatic rings. The summed E-state index contributed by atoms with van der Waals surface area (Å²) in [7, 11) is 0. The Hall–Kier alpha value is -0.920. The molecule has 0 spiro atoms. The van der Waals surface area contributed by atoms with Crippen LogP contribution in [0, 0.1) is 11.8 Å². The van der Waals surface area contributed by atoms with Crippen LogP contribution in [0.1, 0.15) is 27.7 Å². The van der Waals surface area contributed by atoms with Gasteiger partial charge in [0.15, 0.2) is 0 Å². The third kappa shape index (κ3) is 2.03. The molecule has 0 unspecified atom stereocenters. The first-order valence-electron chi connectivity index (χ1n) is 4.55. The van der Waals surface area contributed by atoms with Gasteiger partial charge in [-0.1, -0.05) is 27.7 Å². The summed E-state index contributed by atoms with van der Waals surface area (Å²) in [4.78, 5) is 0. The maximum absolute atomic E-state index is 3.19. The molecule has 68 valence electrons. The number of hydrogen-bond donors (Lipinski definition) is 2. The van der Waals surface area contributed by atoms with Crippen molar-refractivity contribution in [2.45, 2.75) is 27.7 Å². The van der Waals surface area contributed by atoms with E-state index in [1.807, 2.05) is 0 Å². The molecule has 1 heterocycles. The van der Waals surface area contributed by atoms with E-state index in [4.69, 9.17) is 0 Å². The molecule has 1 aliphatic rings. The summed E-state index contributed by atoms with van der Waals surface area (Å²) in [6, 6.07) is 0. The second-order valence-corrected chi connectivity index (χ2v) is 3.80. The van der Waals surface area contributed by atoms with Gasteiger partial charge in [-0.15, -0.1) is 0 Å². The molecular weight excluding hydrogens is 148 g/mol. The zero-order valence-electron chi connectivity index (χ0n) is 8.31. The van der Waals surface area contributed by atoms with Crippen LogP contribution in [0.2, 0.25) is 0 Å². The largest absolute Gasteiger partial charge is 0.305 e. The van der Waals surface area contributed by atoms with Gasteiger partial charge in [-0.2, -0.15) is 0 Å². The van der Waals surface area contributed by atoms with Crippen LogP contribution in [-0.2, 0) is 0 Å². The molecule has 0 atom stereocenters. The van der Waals surface area contributed by atoms with Crippen LogP contribution in [0.25, 0.3) is 0 Å². The van der Waals surface area contributed by atoms with Gasteiger partial charge in [0, 0.05) is 11.4 Å². The molecular formula is C10H18N2. The number of allylic oxidation sites excluding steroid dienone is 4. The van der Waals surface area contributed by atoms with Crippen molar-refractivity contribution in [1.29, 1.82) is 0 Å². The Morgan fingerprint density at radius 2 is 1.17 bits per heavy atom. The Labute approximate surface area is 74.7 Å². The standard InChI is InChI=1S/C10H18N2/c1-7(2)9-5-6-10(8(3)4)12-11-9/h5-8,11-12H,1-4H3. The molecule has 0 saturated carbocycles. The molecule has 12 heavy (non-hydrogen) atoms. The van der Waals surface area contributed by atoms with E-state index in [0.29, 0.717) is 11.8 Å². The van der Waals surface area contributed by atoms with Crippen molar-refractivity contribution in [3.8, 4) is 0 Å². The lowest BCUT2D eigenvalue weighted by atomic mass is 10.1. The van der Waals surface area contributed by atoms with Gasteiger partial charge in [0.25, 0.3) is 0 Å². The number of nitrogens with one attached hydrogen (secondary N) is 2. The highest BCUT2D eigenvalue weighted by molar-refractivity contribution is 5.22. The summed E-state index contributed by atoms with van der Waals surface area (Å²) in [5.74, 6) is 1.12. The smallest absolute Gasteiger partial charge is 0.0339 e. The maximum atomic E-state index is 3.19. The molecule has 2 N–H and O–H groups in total. The fourth-order valence-corrected chi connectivity index (χ4v) is 1.08. The molecule has 0 fully saturated rings. The Morgan fingerprint density at radius 1 is 0.833 bits per heavy atom. The van der Waals surface area contributed by atoms with E-state index in [9.17, 15) is 0 Å². The molecule has 2 nitrogen and oxygen atoms in total. The Balaban J connectivity index is 2.66. The van der Waals surface area contributed by atoms with Crippen LogP contribution in [0.15, 0.2) is 23.5 Å². The zero-order chi connectivity index (χ0) is 9.14. The number of rotatable bonds is 2. The average molecular weight is 166 g/mol. The lowest BCUT2D eigenvalue weighted by Gasteiger charge is -2.23. The number of hydrogen-bond acceptors (Lipinski definition) is 2. The minimum Gasteiger partial charge on any atom is -0.305 e. The number of hydrazine groups is 1. The van der Waals surface area contributed by atoms with E-state index in [-0.39, 0.29) is 0 Å². The summed E-state index contributed by atoms with van der Waals surface area (Å²) < 4.78 is 0. The van der Waals surface area contributed by atoms with E-state index >= 15 is 0 Å². The van der Waals surface area contributed by atoms with E-state index in [0.717, 1.165) is 0 Å². The lowest BCUT2D eigenvalue weighted by molar-refractivity contribution is 0.540. The van der Waals surface area contributed by atoms with Crippen molar-refractivity contribution in [3.63, 3.8) is 0 Å². The van der Waals surface area contributed by atoms with Crippen LogP contribution in [-0.4, -0.2) is 0 Å². The highest BCUT2D eigenvalue weighted by atomic mass is 15.4. The van der Waals surface area contributed by atoms with Crippen molar-refractivity contribution in [2.24, 2.45) is 11.8 Å². The molecule has 0 amide bonds. The summed E-state index contributed by atoms with van der Waals surface area (Å²) in [6.45, 7) is 8.70. The van der Waals surface area contributed by atoms with Crippen molar-refractivity contribution in [2.75, 3.05) is 0 Å². The second-order valence-electron chi connectivity index (χ2n) is 3.80. The fourth-order valence-electron chi connectivity index (χ4n) is 1.08. The predicted molar refractivity (Wildman–Crippen MR) is 52.1 cm³/mol. The molecule has 0 aromatic heterocycles. The van der Waals surface area contributed by atoms with Gasteiger partial charge in [0.2, 0.25) is 0 Å². The van der Waals surface area contributed by atoms with E-state index in [1.54, 1.807) is 0 Å². The highest BCUT2D eigenvalue weighted by Crippen LogP contribution is 2.13. The molecule has 2 heteroatoms. The van der Waals surface area contributed by atoms with E-state index < -0.39 is 0 Å². The van der Waals surface area contributed by atoms with Gasteiger partial charge in [0.1, 0.15) is 0 Å². The fraction of sp³-hybridized carbons (Fsp3) is 0.600. The quantitative estimate of drug-likeness (QED) is 0.657. The normalized spacial score (nSPS) is 16.8. The Bertz CT molecular complexity index is 188. The topological polar surface area (TPSA) is 24.1 Å². The molecule has 1 aliphatic heterocycles. The molecule has 1 rings (SSSR count). The monoisotopic (exact) mass is 166 g/mol. The molecule has 0 radical (unpaired) electrons. The van der Waals surface area contributed by atoms with Gasteiger partial charge in [-0.3, -0.25) is 0 Å². The molecule has 0 saturated heterocycles. The van der Waals surface area contributed by atoms with Crippen LogP contribution in [0.3, 0.4) is 0 Å². The van der Waals surface area contributed by atoms with Gasteiger partial charge in [0.05, 0.1) is 0 Å². The SMILES string of the molecule is CC(C)C1=CC=C(C(C)C)NN1. The summed E-state index contributed by atoms with van der Waals surface area (Å²) in [5.41, 5.74) is 8.88. The molecule has 0 aliphatic carbocycles. The molecule has 0 aromatic carbocycles. The third-order valence-corrected chi connectivity index (χ3v) is 2.04. The van der Waals surface area contributed by atoms with Crippen molar-refractivity contribution in [1.82, 2.24) is 10.9 Å². The summed E-state index contributed by atoms with van der Waals surface area (Å²) in [6.07, 6.45) is 4.30. The summed E-state index contributed by atoms with van der Waals surface area (Å²) in [5, 5.41) is 0. The maximum Gasteiger partial charge on any atom is 0.0339 e. The average Bonchev–Trinajstić information content (AvgIpc) is 2.04. The zero-order valence-corrected chi connectivity index (χ0v) is 8.31. The Kier molecular flexibility index (Phi) is 2.79. The predicted octanol–water partition coefficient (Wildman–Crippen LogP) is 2.17. The minimum atomic E-state index is 0.558. The first-order valence-corrected chi connectivity index (χ1v) is 4.55. The summed E-state index contributed by atoms with van der Waals surface area (Å²) >= 11 is 0. The van der Waals surface area contributed by atoms with E-state index in [2.05, 4.69) is 50.7 Å². The second kappa shape index (κ2) is 3.65. The van der Waals surface area contributed by atoms with Crippen molar-refractivity contribution < 1.29 is 0 Å². The van der Waals surface area contributed by atoms with Gasteiger partial charge >= 0.3 is 0 Å². The van der Waals surface area contributed by atoms with Gasteiger partial charge in [-0.05, 0) is 24.0 Å². The van der Waals surface area contributed by atoms with Gasteiger partial charge in [-0.25, -0.2) is 0 Å². The van der Waals surface area contributed by atoms with Gasteiger partial charge < -0.3 is 10.9 Å². The first kappa shape index (κ1) is 9.17. The lowest BCUT2D eigenvalue weighted by Crippen LogP contribution is -2.36. The minimum absolute atomic E-state index is 0.558. The first-order chi connectivity index (χ1) is 5.61. The van der Waals surface area contributed by atoms with Crippen LogP contribution >= 0.6 is 0 Å². The Morgan fingerprint density at radius 3 is 1.33 bits per heavy atom. The van der Waals surface area contributed by atoms with Crippen LogP contribution in [0.4, 0.5) is 0 Å². The highest BCUT2D eigenvalue weighted by Gasteiger charge is 2.09. The van der Waals surface area contributed by atoms with Crippen LogP contribution < -0.4 is 10.9 Å². The third-order valence-electron chi connectivity index (χ3n) is 2.04. The van der Waals surface area contributed by atoms with Crippen LogP contribution in [0.5, 0.6) is 0 Å².